The molecule has 0 fully saturated rings. The Morgan fingerprint density at radius 1 is 1.47 bits per heavy atom. The molecule has 0 saturated heterocycles. The van der Waals surface area contributed by atoms with E-state index in [4.69, 9.17) is 17.4 Å². The number of benzene rings is 1. The van der Waals surface area contributed by atoms with Gasteiger partial charge in [-0.1, -0.05) is 29.8 Å². The Morgan fingerprint density at radius 3 is 2.82 bits per heavy atom. The maximum atomic E-state index is 6.11. The van der Waals surface area contributed by atoms with Crippen molar-refractivity contribution in [3.63, 3.8) is 0 Å². The number of nitrogens with two attached hydrogens (primary N) is 1. The van der Waals surface area contributed by atoms with Gasteiger partial charge in [-0.3, -0.25) is 11.3 Å². The number of tetrazole rings is 1. The van der Waals surface area contributed by atoms with Gasteiger partial charge in [0.15, 0.2) is 5.82 Å². The summed E-state index contributed by atoms with van der Waals surface area (Å²) in [5, 5.41) is 12.5. The van der Waals surface area contributed by atoms with Gasteiger partial charge in [0.2, 0.25) is 0 Å². The van der Waals surface area contributed by atoms with Crippen molar-refractivity contribution in [1.82, 2.24) is 25.6 Å². The second-order valence-corrected chi connectivity index (χ2v) is 4.05. The van der Waals surface area contributed by atoms with Crippen LogP contribution in [-0.4, -0.2) is 20.2 Å². The van der Waals surface area contributed by atoms with Crippen LogP contribution < -0.4 is 11.3 Å². The molecule has 0 aliphatic carbocycles. The molecule has 7 heteroatoms. The molecule has 2 aromatic rings. The van der Waals surface area contributed by atoms with Crippen molar-refractivity contribution in [2.24, 2.45) is 12.9 Å². The van der Waals surface area contributed by atoms with Gasteiger partial charge in [-0.25, -0.2) is 0 Å². The number of aryl methyl sites for hydroxylation is 1. The lowest BCUT2D eigenvalue weighted by Crippen LogP contribution is -2.30. The maximum Gasteiger partial charge on any atom is 0.176 e. The highest BCUT2D eigenvalue weighted by atomic mass is 35.5. The zero-order valence-corrected chi connectivity index (χ0v) is 10.1. The van der Waals surface area contributed by atoms with Gasteiger partial charge >= 0.3 is 0 Å². The quantitative estimate of drug-likeness (QED) is 0.616. The van der Waals surface area contributed by atoms with E-state index >= 15 is 0 Å². The second-order valence-electron chi connectivity index (χ2n) is 3.64. The summed E-state index contributed by atoms with van der Waals surface area (Å²) in [6.07, 6.45) is 0.536. The number of rotatable bonds is 4. The third-order valence-corrected chi connectivity index (χ3v) is 2.76. The van der Waals surface area contributed by atoms with Crippen LogP contribution in [0.15, 0.2) is 24.3 Å². The molecule has 2 rings (SSSR count). The Labute approximate surface area is 104 Å². The minimum atomic E-state index is -0.132. The first-order valence-electron chi connectivity index (χ1n) is 5.14. The molecule has 1 heterocycles. The Bertz CT molecular complexity index is 497. The van der Waals surface area contributed by atoms with Crippen LogP contribution in [0.2, 0.25) is 5.02 Å². The van der Waals surface area contributed by atoms with Gasteiger partial charge in [-0.05, 0) is 16.8 Å². The molecule has 1 aromatic carbocycles. The van der Waals surface area contributed by atoms with Crippen LogP contribution in [0.1, 0.15) is 17.4 Å². The van der Waals surface area contributed by atoms with Crippen molar-refractivity contribution in [1.29, 1.82) is 0 Å². The maximum absolute atomic E-state index is 6.11. The van der Waals surface area contributed by atoms with Crippen LogP contribution in [0.5, 0.6) is 0 Å². The fraction of sp³-hybridized carbons (Fsp3) is 0.300. The van der Waals surface area contributed by atoms with Crippen molar-refractivity contribution in [2.45, 2.75) is 12.5 Å². The lowest BCUT2D eigenvalue weighted by Gasteiger charge is -2.15. The molecule has 6 nitrogen and oxygen atoms in total. The van der Waals surface area contributed by atoms with Crippen molar-refractivity contribution in [3.05, 3.63) is 40.7 Å². The van der Waals surface area contributed by atoms with Gasteiger partial charge < -0.3 is 0 Å². The average molecular weight is 253 g/mol. The fourth-order valence-electron chi connectivity index (χ4n) is 1.60. The van der Waals surface area contributed by atoms with Crippen molar-refractivity contribution in [3.8, 4) is 0 Å². The molecule has 1 aromatic heterocycles. The lowest BCUT2D eigenvalue weighted by atomic mass is 10.0. The summed E-state index contributed by atoms with van der Waals surface area (Å²) in [5.41, 5.74) is 3.64. The molecule has 90 valence electrons. The summed E-state index contributed by atoms with van der Waals surface area (Å²) >= 11 is 6.11. The van der Waals surface area contributed by atoms with E-state index in [2.05, 4.69) is 20.8 Å². The molecule has 0 spiro atoms. The summed E-state index contributed by atoms with van der Waals surface area (Å²) in [6, 6.07) is 7.40. The molecule has 17 heavy (non-hydrogen) atoms. The van der Waals surface area contributed by atoms with E-state index in [1.807, 2.05) is 24.3 Å². The topological polar surface area (TPSA) is 81.7 Å². The third-order valence-electron chi connectivity index (χ3n) is 2.42. The van der Waals surface area contributed by atoms with Gasteiger partial charge in [-0.2, -0.15) is 4.80 Å². The van der Waals surface area contributed by atoms with Crippen LogP contribution in [-0.2, 0) is 13.5 Å². The highest BCUT2D eigenvalue weighted by Gasteiger charge is 2.16. The van der Waals surface area contributed by atoms with Gasteiger partial charge in [0.25, 0.3) is 0 Å². The molecular formula is C10H13ClN6. The highest BCUT2D eigenvalue weighted by molar-refractivity contribution is 6.31. The standard InChI is InChI=1S/C10H13ClN6/c1-17-15-10(14-16-17)6-9(13-12)7-4-2-3-5-8(7)11/h2-5,9,13H,6,12H2,1H3. The van der Waals surface area contributed by atoms with E-state index in [1.54, 1.807) is 7.05 Å². The average Bonchev–Trinajstić information content (AvgIpc) is 2.73. The van der Waals surface area contributed by atoms with Crippen LogP contribution in [0.4, 0.5) is 0 Å². The number of hydrogen-bond acceptors (Lipinski definition) is 5. The molecule has 0 aliphatic rings. The Hall–Kier alpha value is -1.50. The number of aromatic nitrogens is 4. The zero-order valence-electron chi connectivity index (χ0n) is 9.34. The molecule has 0 radical (unpaired) electrons. The van der Waals surface area contributed by atoms with E-state index in [-0.39, 0.29) is 6.04 Å². The second kappa shape index (κ2) is 5.22. The number of nitrogens with one attached hydrogen (secondary N) is 1. The number of hydrogen-bond donors (Lipinski definition) is 2. The molecule has 0 saturated carbocycles. The Balaban J connectivity index is 2.20. The summed E-state index contributed by atoms with van der Waals surface area (Å²) in [4.78, 5) is 1.41. The molecular weight excluding hydrogens is 240 g/mol. The first-order valence-corrected chi connectivity index (χ1v) is 5.52. The van der Waals surface area contributed by atoms with Crippen molar-refractivity contribution < 1.29 is 0 Å². The largest absolute Gasteiger partial charge is 0.271 e. The first-order chi connectivity index (χ1) is 8.20. The van der Waals surface area contributed by atoms with Crippen LogP contribution >= 0.6 is 11.6 Å². The molecule has 3 N–H and O–H groups in total. The van der Waals surface area contributed by atoms with E-state index in [0.717, 1.165) is 5.56 Å². The van der Waals surface area contributed by atoms with Gasteiger partial charge in [-0.15, -0.1) is 10.2 Å². The lowest BCUT2D eigenvalue weighted by molar-refractivity contribution is 0.536. The third kappa shape index (κ3) is 2.79. The normalized spacial score (nSPS) is 12.6. The van der Waals surface area contributed by atoms with Crippen LogP contribution in [0.25, 0.3) is 0 Å². The van der Waals surface area contributed by atoms with Crippen LogP contribution in [0.3, 0.4) is 0 Å². The van der Waals surface area contributed by atoms with E-state index in [1.165, 1.54) is 4.80 Å². The number of hydrazine groups is 1. The van der Waals surface area contributed by atoms with E-state index in [9.17, 15) is 0 Å². The van der Waals surface area contributed by atoms with Gasteiger partial charge in [0.05, 0.1) is 13.1 Å². The molecule has 1 atom stereocenters. The van der Waals surface area contributed by atoms with E-state index < -0.39 is 0 Å². The van der Waals surface area contributed by atoms with Crippen molar-refractivity contribution in [2.75, 3.05) is 0 Å². The minimum Gasteiger partial charge on any atom is -0.271 e. The predicted molar refractivity (Wildman–Crippen MR) is 64.0 cm³/mol. The SMILES string of the molecule is Cn1nnc(CC(NN)c2ccccc2Cl)n1. The number of nitrogens with zero attached hydrogens (tertiary/aromatic N) is 4. The summed E-state index contributed by atoms with van der Waals surface area (Å²) in [5.74, 6) is 6.16. The zero-order chi connectivity index (χ0) is 12.3. The Morgan fingerprint density at radius 2 is 2.24 bits per heavy atom. The fourth-order valence-corrected chi connectivity index (χ4v) is 1.87. The van der Waals surface area contributed by atoms with Gasteiger partial charge in [0.1, 0.15) is 0 Å². The number of halogens is 1. The van der Waals surface area contributed by atoms with Gasteiger partial charge in [0, 0.05) is 11.4 Å². The molecule has 0 amide bonds. The molecule has 1 unspecified atom stereocenters. The molecule has 0 aliphatic heterocycles. The summed E-state index contributed by atoms with van der Waals surface area (Å²) in [7, 11) is 1.72. The summed E-state index contributed by atoms with van der Waals surface area (Å²) in [6.45, 7) is 0. The first kappa shape index (κ1) is 12.0. The predicted octanol–water partition coefficient (Wildman–Crippen LogP) is 0.611. The molecule has 0 bridgehead atoms. The van der Waals surface area contributed by atoms with Crippen LogP contribution in [0, 0.1) is 0 Å². The monoisotopic (exact) mass is 252 g/mol. The Kier molecular flexibility index (Phi) is 3.68. The van der Waals surface area contributed by atoms with Crippen molar-refractivity contribution >= 4 is 11.6 Å². The summed E-state index contributed by atoms with van der Waals surface area (Å²) < 4.78 is 0. The van der Waals surface area contributed by atoms with E-state index in [0.29, 0.717) is 17.3 Å². The smallest absolute Gasteiger partial charge is 0.176 e. The highest BCUT2D eigenvalue weighted by Crippen LogP contribution is 2.23. The minimum absolute atomic E-state index is 0.132.